The quantitative estimate of drug-likeness (QED) is 0.317. The SMILES string of the molecule is COc1ccc([N+](=O)[O-])c(C(C=O)C=O)c1.O. The number of carbonyl (C=O) groups is 2. The molecule has 7 nitrogen and oxygen atoms in total. The van der Waals surface area contributed by atoms with Gasteiger partial charge in [-0.15, -0.1) is 0 Å². The summed E-state index contributed by atoms with van der Waals surface area (Å²) in [5, 5.41) is 10.7. The van der Waals surface area contributed by atoms with E-state index in [0.717, 1.165) is 0 Å². The lowest BCUT2D eigenvalue weighted by atomic mass is 10.00. The fourth-order valence-electron chi connectivity index (χ4n) is 1.27. The van der Waals surface area contributed by atoms with E-state index in [0.29, 0.717) is 18.3 Å². The first kappa shape index (κ1) is 14.7. The smallest absolute Gasteiger partial charge is 0.274 e. The van der Waals surface area contributed by atoms with Crippen molar-refractivity contribution in [2.24, 2.45) is 0 Å². The second-order valence-electron chi connectivity index (χ2n) is 2.98. The maximum absolute atomic E-state index is 10.7. The van der Waals surface area contributed by atoms with Crippen LogP contribution < -0.4 is 4.74 Å². The van der Waals surface area contributed by atoms with Crippen LogP contribution in [0.3, 0.4) is 0 Å². The zero-order valence-electron chi connectivity index (χ0n) is 8.95. The van der Waals surface area contributed by atoms with Crippen LogP contribution >= 0.6 is 0 Å². The Morgan fingerprint density at radius 1 is 1.35 bits per heavy atom. The maximum Gasteiger partial charge on any atom is 0.274 e. The summed E-state index contributed by atoms with van der Waals surface area (Å²) in [7, 11) is 1.39. The zero-order valence-corrected chi connectivity index (χ0v) is 8.95. The molecule has 1 rings (SSSR count). The number of aldehydes is 2. The second kappa shape index (κ2) is 6.33. The molecule has 0 saturated carbocycles. The highest BCUT2D eigenvalue weighted by Gasteiger charge is 2.22. The van der Waals surface area contributed by atoms with Crippen LogP contribution in [-0.2, 0) is 9.59 Å². The molecule has 92 valence electrons. The van der Waals surface area contributed by atoms with E-state index in [1.807, 2.05) is 0 Å². The third-order valence-corrected chi connectivity index (χ3v) is 2.08. The van der Waals surface area contributed by atoms with Crippen molar-refractivity contribution in [3.05, 3.63) is 33.9 Å². The summed E-state index contributed by atoms with van der Waals surface area (Å²) in [6, 6.07) is 3.91. The van der Waals surface area contributed by atoms with Gasteiger partial charge in [0.25, 0.3) is 5.69 Å². The Morgan fingerprint density at radius 3 is 2.35 bits per heavy atom. The highest BCUT2D eigenvalue weighted by Crippen LogP contribution is 2.28. The van der Waals surface area contributed by atoms with Crippen molar-refractivity contribution in [3.63, 3.8) is 0 Å². The van der Waals surface area contributed by atoms with Crippen molar-refractivity contribution in [1.29, 1.82) is 0 Å². The van der Waals surface area contributed by atoms with Crippen LogP contribution in [0.2, 0.25) is 0 Å². The predicted molar refractivity (Wildman–Crippen MR) is 58.1 cm³/mol. The first-order valence-corrected chi connectivity index (χ1v) is 4.37. The van der Waals surface area contributed by atoms with Gasteiger partial charge >= 0.3 is 0 Å². The number of benzene rings is 1. The molecule has 1 aromatic rings. The molecule has 0 bridgehead atoms. The maximum atomic E-state index is 10.7. The minimum atomic E-state index is -1.14. The fourth-order valence-corrected chi connectivity index (χ4v) is 1.27. The molecular formula is C10H11NO6. The van der Waals surface area contributed by atoms with Crippen LogP contribution in [0.15, 0.2) is 18.2 Å². The Hall–Kier alpha value is -2.28. The molecule has 0 amide bonds. The summed E-state index contributed by atoms with van der Waals surface area (Å²) in [5.41, 5.74) is -0.237. The molecule has 0 fully saturated rings. The van der Waals surface area contributed by atoms with Crippen molar-refractivity contribution in [3.8, 4) is 5.75 Å². The number of methoxy groups -OCH3 is 1. The van der Waals surface area contributed by atoms with Crippen LogP contribution in [0.5, 0.6) is 5.75 Å². The van der Waals surface area contributed by atoms with Crippen LogP contribution in [0.25, 0.3) is 0 Å². The first-order valence-electron chi connectivity index (χ1n) is 4.37. The number of nitro benzene ring substituents is 1. The lowest BCUT2D eigenvalue weighted by Crippen LogP contribution is -2.05. The van der Waals surface area contributed by atoms with Gasteiger partial charge in [-0.1, -0.05) is 0 Å². The number of nitrogens with zero attached hydrogens (tertiary/aromatic N) is 1. The molecule has 0 atom stereocenters. The van der Waals surface area contributed by atoms with Crippen LogP contribution in [-0.4, -0.2) is 30.1 Å². The van der Waals surface area contributed by atoms with Gasteiger partial charge in [0.05, 0.1) is 17.6 Å². The molecule has 1 aromatic carbocycles. The number of nitro groups is 1. The average Bonchev–Trinajstić information content (AvgIpc) is 2.30. The van der Waals surface area contributed by atoms with Gasteiger partial charge in [0.15, 0.2) is 0 Å². The summed E-state index contributed by atoms with van der Waals surface area (Å²) in [6.45, 7) is 0. The normalized spacial score (nSPS) is 9.29. The van der Waals surface area contributed by atoms with Crippen molar-refractivity contribution >= 4 is 18.3 Å². The topological polar surface area (TPSA) is 118 Å². The molecule has 0 radical (unpaired) electrons. The Kier molecular flexibility index (Phi) is 5.48. The standard InChI is InChI=1S/C10H9NO5.H2O/c1-16-8-2-3-10(11(14)15)9(4-8)7(5-12)6-13;/h2-7H,1H3;1H2. The third kappa shape index (κ3) is 3.08. The molecule has 0 aliphatic heterocycles. The van der Waals surface area contributed by atoms with Gasteiger partial charge in [0.2, 0.25) is 0 Å². The van der Waals surface area contributed by atoms with Gasteiger partial charge in [-0.25, -0.2) is 0 Å². The van der Waals surface area contributed by atoms with E-state index in [2.05, 4.69) is 0 Å². The Bertz CT molecular complexity index is 423. The molecule has 0 spiro atoms. The highest BCUT2D eigenvalue weighted by molar-refractivity contribution is 5.86. The first-order chi connectivity index (χ1) is 7.63. The van der Waals surface area contributed by atoms with E-state index in [-0.39, 0.29) is 16.7 Å². The lowest BCUT2D eigenvalue weighted by molar-refractivity contribution is -0.385. The number of hydrogen-bond acceptors (Lipinski definition) is 5. The van der Waals surface area contributed by atoms with Crippen molar-refractivity contribution in [2.45, 2.75) is 5.92 Å². The monoisotopic (exact) mass is 241 g/mol. The van der Waals surface area contributed by atoms with Gasteiger partial charge in [-0.05, 0) is 12.1 Å². The summed E-state index contributed by atoms with van der Waals surface area (Å²) in [5.74, 6) is -0.787. The molecule has 17 heavy (non-hydrogen) atoms. The summed E-state index contributed by atoms with van der Waals surface area (Å²) in [4.78, 5) is 31.3. The molecule has 7 heteroatoms. The zero-order chi connectivity index (χ0) is 12.1. The van der Waals surface area contributed by atoms with Crippen molar-refractivity contribution in [2.75, 3.05) is 7.11 Å². The number of hydrogen-bond donors (Lipinski definition) is 0. The van der Waals surface area contributed by atoms with Gasteiger partial charge < -0.3 is 19.8 Å². The average molecular weight is 241 g/mol. The fraction of sp³-hybridized carbons (Fsp3) is 0.200. The summed E-state index contributed by atoms with van der Waals surface area (Å²) >= 11 is 0. The van der Waals surface area contributed by atoms with Gasteiger partial charge in [-0.3, -0.25) is 10.1 Å². The number of carbonyl (C=O) groups excluding carboxylic acids is 2. The minimum Gasteiger partial charge on any atom is -0.497 e. The van der Waals surface area contributed by atoms with E-state index >= 15 is 0 Å². The lowest BCUT2D eigenvalue weighted by Gasteiger charge is -2.06. The van der Waals surface area contributed by atoms with Crippen LogP contribution in [0.1, 0.15) is 11.5 Å². The molecule has 2 N–H and O–H groups in total. The van der Waals surface area contributed by atoms with E-state index in [1.165, 1.54) is 25.3 Å². The molecule has 0 saturated heterocycles. The third-order valence-electron chi connectivity index (χ3n) is 2.08. The molecule has 0 heterocycles. The number of ether oxygens (including phenoxy) is 1. The largest absolute Gasteiger partial charge is 0.497 e. The van der Waals surface area contributed by atoms with Gasteiger partial charge in [-0.2, -0.15) is 0 Å². The predicted octanol–water partition coefficient (Wildman–Crippen LogP) is 0.260. The molecule has 0 aromatic heterocycles. The summed E-state index contributed by atoms with van der Waals surface area (Å²) in [6.07, 6.45) is 0.712. The van der Waals surface area contributed by atoms with E-state index in [1.54, 1.807) is 0 Å². The van der Waals surface area contributed by atoms with Gasteiger partial charge in [0, 0.05) is 6.07 Å². The van der Waals surface area contributed by atoms with Gasteiger partial charge in [0.1, 0.15) is 24.2 Å². The Morgan fingerprint density at radius 2 is 1.94 bits per heavy atom. The van der Waals surface area contributed by atoms with Crippen molar-refractivity contribution in [1.82, 2.24) is 0 Å². The minimum absolute atomic E-state index is 0. The molecule has 0 unspecified atom stereocenters. The Balaban J connectivity index is 0.00000256. The molecule has 0 aliphatic carbocycles. The van der Waals surface area contributed by atoms with E-state index < -0.39 is 10.8 Å². The second-order valence-corrected chi connectivity index (χ2v) is 2.98. The highest BCUT2D eigenvalue weighted by atomic mass is 16.6. The van der Waals surface area contributed by atoms with Crippen molar-refractivity contribution < 1.29 is 24.7 Å². The molecule has 0 aliphatic rings. The molecular weight excluding hydrogens is 230 g/mol. The van der Waals surface area contributed by atoms with E-state index in [9.17, 15) is 19.7 Å². The van der Waals surface area contributed by atoms with E-state index in [4.69, 9.17) is 4.74 Å². The van der Waals surface area contributed by atoms with Crippen LogP contribution in [0.4, 0.5) is 5.69 Å². The number of rotatable bonds is 5. The van der Waals surface area contributed by atoms with Crippen LogP contribution in [0, 0.1) is 10.1 Å². The Labute approximate surface area is 96.5 Å². The summed E-state index contributed by atoms with van der Waals surface area (Å²) < 4.78 is 4.87.